The summed E-state index contributed by atoms with van der Waals surface area (Å²) in [4.78, 5) is 17.2. The van der Waals surface area contributed by atoms with Crippen LogP contribution in [-0.2, 0) is 4.79 Å². The Labute approximate surface area is 138 Å². The molecule has 0 aliphatic carbocycles. The van der Waals surface area contributed by atoms with Gasteiger partial charge in [0.2, 0.25) is 0 Å². The molecule has 0 spiro atoms. The van der Waals surface area contributed by atoms with Crippen molar-refractivity contribution in [2.24, 2.45) is 0 Å². The summed E-state index contributed by atoms with van der Waals surface area (Å²) in [7, 11) is 0. The molecule has 2 aromatic carbocycles. The smallest absolute Gasteiger partial charge is 0.264 e. The van der Waals surface area contributed by atoms with Crippen molar-refractivity contribution in [1.82, 2.24) is 4.98 Å². The third-order valence-electron chi connectivity index (χ3n) is 3.20. The van der Waals surface area contributed by atoms with Gasteiger partial charge in [-0.05, 0) is 24.6 Å². The van der Waals surface area contributed by atoms with E-state index in [0.717, 1.165) is 16.0 Å². The highest BCUT2D eigenvalue weighted by molar-refractivity contribution is 7.19. The molecule has 0 atom stereocenters. The molecule has 1 amide bonds. The summed E-state index contributed by atoms with van der Waals surface area (Å²) in [6, 6.07) is 17.5. The van der Waals surface area contributed by atoms with Crippen LogP contribution in [0, 0.1) is 6.92 Å². The first-order valence-electron chi connectivity index (χ1n) is 7.21. The summed E-state index contributed by atoms with van der Waals surface area (Å²) in [5.74, 6) is 0.453. The number of aromatic nitrogens is 1. The Bertz CT molecular complexity index is 782. The van der Waals surface area contributed by atoms with Gasteiger partial charge in [0.1, 0.15) is 5.75 Å². The number of hydrogen-bond donors (Lipinski definition) is 1. The van der Waals surface area contributed by atoms with Crippen LogP contribution >= 0.6 is 11.3 Å². The van der Waals surface area contributed by atoms with Crippen LogP contribution in [0.5, 0.6) is 5.75 Å². The van der Waals surface area contributed by atoms with Gasteiger partial charge in [-0.3, -0.25) is 10.1 Å². The lowest BCUT2D eigenvalue weighted by molar-refractivity contribution is -0.118. The molecule has 0 radical (unpaired) electrons. The van der Waals surface area contributed by atoms with Crippen LogP contribution in [0.1, 0.15) is 5.56 Å². The summed E-state index contributed by atoms with van der Waals surface area (Å²) in [6.45, 7) is 1.96. The van der Waals surface area contributed by atoms with Crippen LogP contribution < -0.4 is 10.1 Å². The fraction of sp³-hybridized carbons (Fsp3) is 0.111. The zero-order chi connectivity index (χ0) is 16.1. The number of nitrogens with zero attached hydrogens (tertiary/aromatic N) is 1. The number of benzene rings is 2. The molecule has 0 aliphatic rings. The molecule has 116 valence electrons. The van der Waals surface area contributed by atoms with Crippen LogP contribution in [0.3, 0.4) is 0 Å². The molecule has 0 bridgehead atoms. The van der Waals surface area contributed by atoms with E-state index in [0.29, 0.717) is 10.9 Å². The first kappa shape index (κ1) is 15.2. The average molecular weight is 324 g/mol. The Hall–Kier alpha value is -2.66. The van der Waals surface area contributed by atoms with Gasteiger partial charge >= 0.3 is 0 Å². The highest BCUT2D eigenvalue weighted by Crippen LogP contribution is 2.28. The number of nitrogens with one attached hydrogen (secondary N) is 1. The van der Waals surface area contributed by atoms with Crippen molar-refractivity contribution in [2.75, 3.05) is 11.9 Å². The van der Waals surface area contributed by atoms with Gasteiger partial charge in [-0.1, -0.05) is 59.4 Å². The molecule has 0 fully saturated rings. The second-order valence-corrected chi connectivity index (χ2v) is 6.08. The quantitative estimate of drug-likeness (QED) is 0.767. The zero-order valence-corrected chi connectivity index (χ0v) is 13.5. The Kier molecular flexibility index (Phi) is 4.68. The minimum absolute atomic E-state index is 0.0384. The molecular formula is C18H16N2O2S. The predicted molar refractivity (Wildman–Crippen MR) is 92.9 cm³/mol. The van der Waals surface area contributed by atoms with E-state index in [1.54, 1.807) is 6.20 Å². The van der Waals surface area contributed by atoms with Crippen molar-refractivity contribution in [1.29, 1.82) is 0 Å². The van der Waals surface area contributed by atoms with Gasteiger partial charge in [0.15, 0.2) is 11.7 Å². The van der Waals surface area contributed by atoms with Crippen molar-refractivity contribution >= 4 is 22.4 Å². The number of aryl methyl sites for hydroxylation is 1. The molecule has 3 rings (SSSR count). The van der Waals surface area contributed by atoms with Gasteiger partial charge in [-0.15, -0.1) is 0 Å². The molecule has 4 nitrogen and oxygen atoms in total. The number of hydrogen-bond acceptors (Lipinski definition) is 4. The van der Waals surface area contributed by atoms with Crippen LogP contribution in [-0.4, -0.2) is 17.5 Å². The summed E-state index contributed by atoms with van der Waals surface area (Å²) in [6.07, 6.45) is 1.76. The summed E-state index contributed by atoms with van der Waals surface area (Å²) < 4.78 is 5.45. The number of anilines is 1. The van der Waals surface area contributed by atoms with Crippen LogP contribution in [0.15, 0.2) is 60.8 Å². The minimum atomic E-state index is -0.223. The third-order valence-corrected chi connectivity index (χ3v) is 4.16. The second kappa shape index (κ2) is 7.07. The molecule has 5 heteroatoms. The fourth-order valence-electron chi connectivity index (χ4n) is 2.01. The number of carbonyl (C=O) groups is 1. The molecule has 0 unspecified atom stereocenters. The molecular weight excluding hydrogens is 308 g/mol. The summed E-state index contributed by atoms with van der Waals surface area (Å²) in [5.41, 5.74) is 2.24. The Morgan fingerprint density at radius 1 is 1.13 bits per heavy atom. The van der Waals surface area contributed by atoms with Gasteiger partial charge in [0.25, 0.3) is 5.91 Å². The fourth-order valence-corrected chi connectivity index (χ4v) is 2.84. The highest BCUT2D eigenvalue weighted by atomic mass is 32.1. The molecule has 23 heavy (non-hydrogen) atoms. The highest BCUT2D eigenvalue weighted by Gasteiger charge is 2.08. The minimum Gasteiger partial charge on any atom is -0.484 e. The molecule has 1 heterocycles. The number of carbonyl (C=O) groups excluding carboxylic acids is 1. The zero-order valence-electron chi connectivity index (χ0n) is 12.7. The monoisotopic (exact) mass is 324 g/mol. The standard InChI is InChI=1S/C18H16N2O2S/c1-13-7-9-15(10-8-13)22-12-17(21)20-18-19-11-16(23-18)14-5-3-2-4-6-14/h2-11H,12H2,1H3,(H,19,20,21). The van der Waals surface area contributed by atoms with E-state index in [2.05, 4.69) is 10.3 Å². The first-order chi connectivity index (χ1) is 11.2. The maximum atomic E-state index is 11.9. The van der Waals surface area contributed by atoms with E-state index >= 15 is 0 Å². The van der Waals surface area contributed by atoms with Crippen LogP contribution in [0.25, 0.3) is 10.4 Å². The van der Waals surface area contributed by atoms with Gasteiger partial charge in [-0.2, -0.15) is 0 Å². The predicted octanol–water partition coefficient (Wildman–Crippen LogP) is 4.14. The Morgan fingerprint density at radius 3 is 2.61 bits per heavy atom. The Balaban J connectivity index is 1.56. The topological polar surface area (TPSA) is 51.2 Å². The number of rotatable bonds is 5. The lowest BCUT2D eigenvalue weighted by Gasteiger charge is -2.05. The van der Waals surface area contributed by atoms with E-state index in [-0.39, 0.29) is 12.5 Å². The number of thiazole rings is 1. The SMILES string of the molecule is Cc1ccc(OCC(=O)Nc2ncc(-c3ccccc3)s2)cc1. The van der Waals surface area contributed by atoms with Crippen molar-refractivity contribution in [2.45, 2.75) is 6.92 Å². The van der Waals surface area contributed by atoms with Gasteiger partial charge < -0.3 is 4.74 Å². The normalized spacial score (nSPS) is 10.3. The molecule has 3 aromatic rings. The maximum absolute atomic E-state index is 11.9. The van der Waals surface area contributed by atoms with Crippen molar-refractivity contribution in [3.8, 4) is 16.2 Å². The second-order valence-electron chi connectivity index (χ2n) is 5.05. The first-order valence-corrected chi connectivity index (χ1v) is 8.03. The molecule has 0 saturated carbocycles. The lowest BCUT2D eigenvalue weighted by atomic mass is 10.2. The van der Waals surface area contributed by atoms with E-state index < -0.39 is 0 Å². The maximum Gasteiger partial charge on any atom is 0.264 e. The number of ether oxygens (including phenoxy) is 1. The van der Waals surface area contributed by atoms with Gasteiger partial charge in [-0.25, -0.2) is 4.98 Å². The largest absolute Gasteiger partial charge is 0.484 e. The van der Waals surface area contributed by atoms with Crippen LogP contribution in [0.2, 0.25) is 0 Å². The molecule has 0 aliphatic heterocycles. The number of amides is 1. The van der Waals surface area contributed by atoms with E-state index in [1.807, 2.05) is 61.5 Å². The van der Waals surface area contributed by atoms with E-state index in [9.17, 15) is 4.79 Å². The van der Waals surface area contributed by atoms with Crippen molar-refractivity contribution in [3.05, 3.63) is 66.4 Å². The molecule has 1 N–H and O–H groups in total. The Morgan fingerprint density at radius 2 is 1.87 bits per heavy atom. The van der Waals surface area contributed by atoms with Crippen molar-refractivity contribution < 1.29 is 9.53 Å². The van der Waals surface area contributed by atoms with E-state index in [4.69, 9.17) is 4.74 Å². The lowest BCUT2D eigenvalue weighted by Crippen LogP contribution is -2.19. The van der Waals surface area contributed by atoms with E-state index in [1.165, 1.54) is 11.3 Å². The summed E-state index contributed by atoms with van der Waals surface area (Å²) >= 11 is 1.44. The molecule has 0 saturated heterocycles. The van der Waals surface area contributed by atoms with Crippen molar-refractivity contribution in [3.63, 3.8) is 0 Å². The molecule has 1 aromatic heterocycles. The van der Waals surface area contributed by atoms with Gasteiger partial charge in [0, 0.05) is 6.20 Å². The summed E-state index contributed by atoms with van der Waals surface area (Å²) in [5, 5.41) is 3.33. The third kappa shape index (κ3) is 4.17. The van der Waals surface area contributed by atoms with Gasteiger partial charge in [0.05, 0.1) is 4.88 Å². The average Bonchev–Trinajstić information content (AvgIpc) is 3.04. The van der Waals surface area contributed by atoms with Crippen LogP contribution in [0.4, 0.5) is 5.13 Å².